The van der Waals surface area contributed by atoms with Gasteiger partial charge in [-0.3, -0.25) is 0 Å². The van der Waals surface area contributed by atoms with Gasteiger partial charge >= 0.3 is 0 Å². The van der Waals surface area contributed by atoms with Gasteiger partial charge in [0, 0.05) is 12.1 Å². The Balaban J connectivity index is 2.89. The van der Waals surface area contributed by atoms with Gasteiger partial charge in [0.1, 0.15) is 0 Å². The lowest BCUT2D eigenvalue weighted by Gasteiger charge is -2.00. The summed E-state index contributed by atoms with van der Waals surface area (Å²) in [5, 5.41) is 21.0. The molecule has 0 amide bonds. The summed E-state index contributed by atoms with van der Waals surface area (Å²) < 4.78 is 0.657. The molecule has 0 saturated heterocycles. The molecule has 0 radical (unpaired) electrons. The Labute approximate surface area is 69.1 Å². The van der Waals surface area contributed by atoms with Gasteiger partial charge in [-0.25, -0.2) is 0 Å². The zero-order valence-corrected chi connectivity index (χ0v) is 6.27. The fourth-order valence-corrected chi connectivity index (χ4v) is 1.20. The van der Waals surface area contributed by atoms with Crippen molar-refractivity contribution in [3.63, 3.8) is 0 Å². The number of hydrogen-bond donors (Lipinski definition) is 1. The van der Waals surface area contributed by atoms with E-state index < -0.39 is 0 Å². The molecule has 0 bridgehead atoms. The number of fused-ring (bicyclic) bond motifs is 1. The largest absolute Gasteiger partial charge is 0.618 e. The molecule has 0 aliphatic heterocycles. The third kappa shape index (κ3) is 0.955. The molecule has 0 aliphatic carbocycles. The van der Waals surface area contributed by atoms with Gasteiger partial charge in [0.15, 0.2) is 5.75 Å². The fraction of sp³-hybridized carbons (Fsp3) is 0. The summed E-state index contributed by atoms with van der Waals surface area (Å²) >= 11 is 0. The van der Waals surface area contributed by atoms with E-state index in [0.717, 1.165) is 11.6 Å². The van der Waals surface area contributed by atoms with E-state index in [-0.39, 0.29) is 5.75 Å². The summed E-state index contributed by atoms with van der Waals surface area (Å²) in [6.45, 7) is 0. The van der Waals surface area contributed by atoms with Crippen LogP contribution in [0.3, 0.4) is 0 Å². The number of hydrogen-bond acceptors (Lipinski definition) is 2. The van der Waals surface area contributed by atoms with Gasteiger partial charge in [-0.2, -0.15) is 4.73 Å². The first-order valence-electron chi connectivity index (χ1n) is 3.58. The van der Waals surface area contributed by atoms with Gasteiger partial charge < -0.3 is 10.3 Å². The van der Waals surface area contributed by atoms with Crippen LogP contribution >= 0.6 is 0 Å². The molecule has 1 heterocycles. The number of para-hydroxylation sites is 1. The molecule has 60 valence electrons. The van der Waals surface area contributed by atoms with E-state index in [2.05, 4.69) is 0 Å². The minimum atomic E-state index is -0.0105. The van der Waals surface area contributed by atoms with Crippen molar-refractivity contribution in [2.24, 2.45) is 0 Å². The fourth-order valence-electron chi connectivity index (χ4n) is 1.20. The highest BCUT2D eigenvalue weighted by Crippen LogP contribution is 2.14. The van der Waals surface area contributed by atoms with E-state index in [4.69, 9.17) is 5.11 Å². The zero-order valence-electron chi connectivity index (χ0n) is 6.27. The second-order valence-corrected chi connectivity index (χ2v) is 2.58. The van der Waals surface area contributed by atoms with Crippen molar-refractivity contribution < 1.29 is 9.84 Å². The normalized spacial score (nSPS) is 10.3. The van der Waals surface area contributed by atoms with Gasteiger partial charge in [-0.05, 0) is 6.07 Å². The highest BCUT2D eigenvalue weighted by atomic mass is 16.5. The number of benzene rings is 1. The van der Waals surface area contributed by atoms with Crippen LogP contribution < -0.4 is 4.73 Å². The Morgan fingerprint density at radius 3 is 2.83 bits per heavy atom. The van der Waals surface area contributed by atoms with E-state index >= 15 is 0 Å². The maximum atomic E-state index is 11.2. The summed E-state index contributed by atoms with van der Waals surface area (Å²) in [5.74, 6) is -0.0105. The first-order chi connectivity index (χ1) is 5.77. The van der Waals surface area contributed by atoms with Crippen LogP contribution in [0, 0.1) is 5.21 Å². The number of nitrogens with zero attached hydrogens (tertiary/aromatic N) is 1. The molecule has 1 aromatic heterocycles. The molecule has 3 heteroatoms. The summed E-state index contributed by atoms with van der Waals surface area (Å²) in [7, 11) is 0. The third-order valence-corrected chi connectivity index (χ3v) is 1.73. The van der Waals surface area contributed by atoms with Crippen LogP contribution in [0.15, 0.2) is 36.5 Å². The Hall–Kier alpha value is -1.77. The first-order valence-corrected chi connectivity index (χ1v) is 3.58. The number of pyridine rings is 1. The van der Waals surface area contributed by atoms with Crippen LogP contribution in [-0.4, -0.2) is 5.11 Å². The molecule has 0 atom stereocenters. The van der Waals surface area contributed by atoms with E-state index in [0.29, 0.717) is 10.2 Å². The summed E-state index contributed by atoms with van der Waals surface area (Å²) in [4.78, 5) is 0. The average Bonchev–Trinajstić information content (AvgIpc) is 2.04. The minimum Gasteiger partial charge on any atom is -0.618 e. The topological polar surface area (TPSA) is 47.2 Å². The van der Waals surface area contributed by atoms with Gasteiger partial charge in [0.2, 0.25) is 11.7 Å². The van der Waals surface area contributed by atoms with Crippen molar-refractivity contribution in [3.8, 4) is 5.75 Å². The molecule has 12 heavy (non-hydrogen) atoms. The van der Waals surface area contributed by atoms with E-state index in [9.17, 15) is 5.21 Å². The smallest absolute Gasteiger partial charge is 0.223 e. The lowest BCUT2D eigenvalue weighted by atomic mass is 10.2. The molecular formula is C9H7NO2. The van der Waals surface area contributed by atoms with E-state index in [1.807, 2.05) is 6.07 Å². The van der Waals surface area contributed by atoms with Crippen molar-refractivity contribution in [1.82, 2.24) is 0 Å². The van der Waals surface area contributed by atoms with Crippen molar-refractivity contribution in [3.05, 3.63) is 41.7 Å². The van der Waals surface area contributed by atoms with E-state index in [1.165, 1.54) is 0 Å². The first kappa shape index (κ1) is 6.91. The predicted molar refractivity (Wildman–Crippen MR) is 44.6 cm³/mol. The van der Waals surface area contributed by atoms with Crippen LogP contribution in [0.1, 0.15) is 0 Å². The number of aromatic hydroxyl groups is 1. The highest BCUT2D eigenvalue weighted by Gasteiger charge is 2.03. The van der Waals surface area contributed by atoms with Crippen LogP contribution in [-0.2, 0) is 0 Å². The maximum absolute atomic E-state index is 11.2. The Bertz CT molecular complexity index is 426. The van der Waals surface area contributed by atoms with Crippen molar-refractivity contribution in [2.45, 2.75) is 0 Å². The SMILES string of the molecule is [O-][n+]1cc(O)cc2ccccc21. The average molecular weight is 161 g/mol. The Morgan fingerprint density at radius 2 is 2.00 bits per heavy atom. The number of rotatable bonds is 0. The summed E-state index contributed by atoms with van der Waals surface area (Å²) in [6, 6.07) is 8.66. The summed E-state index contributed by atoms with van der Waals surface area (Å²) in [6.07, 6.45) is 1.14. The van der Waals surface area contributed by atoms with Gasteiger partial charge in [0.25, 0.3) is 0 Å². The monoisotopic (exact) mass is 161 g/mol. The second kappa shape index (κ2) is 2.37. The molecular weight excluding hydrogens is 154 g/mol. The molecule has 1 aromatic carbocycles. The lowest BCUT2D eigenvalue weighted by molar-refractivity contribution is -0.577. The predicted octanol–water partition coefficient (Wildman–Crippen LogP) is 1.18. The zero-order chi connectivity index (χ0) is 8.55. The molecule has 0 unspecified atom stereocenters. The second-order valence-electron chi connectivity index (χ2n) is 2.58. The van der Waals surface area contributed by atoms with Crippen LogP contribution in [0.4, 0.5) is 0 Å². The maximum Gasteiger partial charge on any atom is 0.223 e. The third-order valence-electron chi connectivity index (χ3n) is 1.73. The molecule has 2 rings (SSSR count). The lowest BCUT2D eigenvalue weighted by Crippen LogP contribution is -2.25. The quantitative estimate of drug-likeness (QED) is 0.466. The van der Waals surface area contributed by atoms with Gasteiger partial charge in [-0.15, -0.1) is 0 Å². The standard InChI is InChI=1S/C9H7NO2/c11-8-5-7-3-1-2-4-9(7)10(12)6-8/h1-6,11H. The summed E-state index contributed by atoms with van der Waals surface area (Å²) in [5.41, 5.74) is 0.565. The highest BCUT2D eigenvalue weighted by molar-refractivity contribution is 5.76. The minimum absolute atomic E-state index is 0.0105. The Kier molecular flexibility index (Phi) is 1.37. The molecule has 0 fully saturated rings. The van der Waals surface area contributed by atoms with Crippen LogP contribution in [0.2, 0.25) is 0 Å². The molecule has 0 spiro atoms. The van der Waals surface area contributed by atoms with Gasteiger partial charge in [0.05, 0.1) is 5.39 Å². The molecule has 2 aromatic rings. The van der Waals surface area contributed by atoms with Crippen molar-refractivity contribution >= 4 is 10.9 Å². The molecule has 0 aliphatic rings. The molecule has 0 saturated carbocycles. The molecule has 1 N–H and O–H groups in total. The number of aromatic nitrogens is 1. The molecule has 3 nitrogen and oxygen atoms in total. The van der Waals surface area contributed by atoms with Crippen LogP contribution in [0.25, 0.3) is 10.9 Å². The van der Waals surface area contributed by atoms with Crippen molar-refractivity contribution in [2.75, 3.05) is 0 Å². The Morgan fingerprint density at radius 1 is 1.25 bits per heavy atom. The van der Waals surface area contributed by atoms with E-state index in [1.54, 1.807) is 24.3 Å². The van der Waals surface area contributed by atoms with Crippen molar-refractivity contribution in [1.29, 1.82) is 0 Å². The van der Waals surface area contributed by atoms with Crippen LogP contribution in [0.5, 0.6) is 5.75 Å². The van der Waals surface area contributed by atoms with Gasteiger partial charge in [-0.1, -0.05) is 12.1 Å².